The first kappa shape index (κ1) is 8.99. The first-order chi connectivity index (χ1) is 5.75. The number of rotatable bonds is 2. The molecule has 1 saturated heterocycles. The van der Waals surface area contributed by atoms with Crippen molar-refractivity contribution in [1.29, 1.82) is 0 Å². The summed E-state index contributed by atoms with van der Waals surface area (Å²) in [5.41, 5.74) is 5.13. The molecule has 1 atom stereocenters. The molecule has 1 rings (SSSR count). The molecule has 68 valence electrons. The largest absolute Gasteiger partial charge is 0.351 e. The monoisotopic (exact) mass is 171 g/mol. The Morgan fingerprint density at radius 2 is 2.50 bits per heavy atom. The average molecular weight is 171 g/mol. The Hall–Kier alpha value is -1.10. The van der Waals surface area contributed by atoms with E-state index in [1.807, 2.05) is 0 Å². The van der Waals surface area contributed by atoms with E-state index in [4.69, 9.17) is 5.73 Å². The van der Waals surface area contributed by atoms with Gasteiger partial charge in [0.2, 0.25) is 0 Å². The Kier molecular flexibility index (Phi) is 3.04. The zero-order valence-corrected chi connectivity index (χ0v) is 6.82. The lowest BCUT2D eigenvalue weighted by molar-refractivity contribution is -0.108. The fraction of sp³-hybridized carbons (Fsp3) is 0.714. The van der Waals surface area contributed by atoms with E-state index in [2.05, 4.69) is 5.32 Å². The predicted octanol–water partition coefficient (Wildman–Crippen LogP) is -1.07. The maximum atomic E-state index is 10.8. The second kappa shape index (κ2) is 4.06. The number of primary amides is 1. The normalized spacial score (nSPS) is 23.7. The first-order valence-corrected chi connectivity index (χ1v) is 3.96. The molecule has 0 radical (unpaired) electrons. The highest BCUT2D eigenvalue weighted by molar-refractivity contribution is 5.73. The van der Waals surface area contributed by atoms with Gasteiger partial charge in [-0.1, -0.05) is 0 Å². The lowest BCUT2D eigenvalue weighted by atomic mass is 10.1. The van der Waals surface area contributed by atoms with Crippen LogP contribution in [0.15, 0.2) is 0 Å². The summed E-state index contributed by atoms with van der Waals surface area (Å²) in [6.45, 7) is 1.99. The minimum Gasteiger partial charge on any atom is -0.351 e. The molecule has 5 heteroatoms. The second-order valence-electron chi connectivity index (χ2n) is 2.79. The molecule has 0 aromatic rings. The molecule has 0 aromatic heterocycles. The van der Waals surface area contributed by atoms with Gasteiger partial charge in [0.25, 0.3) is 0 Å². The van der Waals surface area contributed by atoms with Crippen LogP contribution in [0.5, 0.6) is 0 Å². The van der Waals surface area contributed by atoms with Crippen molar-refractivity contribution in [2.24, 2.45) is 5.73 Å². The molecule has 1 fully saturated rings. The molecule has 1 aliphatic heterocycles. The summed E-state index contributed by atoms with van der Waals surface area (Å²) in [4.78, 5) is 22.6. The van der Waals surface area contributed by atoms with Gasteiger partial charge < -0.3 is 20.7 Å². The van der Waals surface area contributed by atoms with Crippen molar-refractivity contribution in [1.82, 2.24) is 10.2 Å². The van der Waals surface area contributed by atoms with Crippen LogP contribution in [-0.2, 0) is 4.79 Å². The first-order valence-electron chi connectivity index (χ1n) is 3.96. The van der Waals surface area contributed by atoms with Gasteiger partial charge in [0, 0.05) is 26.1 Å². The number of aldehydes is 1. The molecule has 5 nitrogen and oxygen atoms in total. The number of hydrogen-bond donors (Lipinski definition) is 2. The van der Waals surface area contributed by atoms with Gasteiger partial charge in [-0.15, -0.1) is 0 Å². The minimum absolute atomic E-state index is 0.0613. The Morgan fingerprint density at radius 1 is 1.75 bits per heavy atom. The Balaban J connectivity index is 2.53. The maximum Gasteiger partial charge on any atom is 0.315 e. The van der Waals surface area contributed by atoms with Crippen LogP contribution in [-0.4, -0.2) is 42.9 Å². The van der Waals surface area contributed by atoms with Crippen molar-refractivity contribution in [3.63, 3.8) is 0 Å². The molecule has 0 aliphatic carbocycles. The fourth-order valence-electron chi connectivity index (χ4n) is 1.37. The smallest absolute Gasteiger partial charge is 0.315 e. The van der Waals surface area contributed by atoms with E-state index in [9.17, 15) is 9.59 Å². The summed E-state index contributed by atoms with van der Waals surface area (Å²) in [6, 6.07) is -0.503. The second-order valence-corrected chi connectivity index (χ2v) is 2.79. The molecule has 1 heterocycles. The highest BCUT2D eigenvalue weighted by atomic mass is 16.2. The van der Waals surface area contributed by atoms with E-state index in [1.165, 1.54) is 4.90 Å². The van der Waals surface area contributed by atoms with Gasteiger partial charge in [-0.3, -0.25) is 0 Å². The van der Waals surface area contributed by atoms with Gasteiger partial charge in [-0.25, -0.2) is 4.79 Å². The molecule has 0 bridgehead atoms. The molecule has 1 aliphatic rings. The summed E-state index contributed by atoms with van der Waals surface area (Å²) >= 11 is 0. The van der Waals surface area contributed by atoms with Crippen molar-refractivity contribution >= 4 is 12.3 Å². The molecule has 0 saturated carbocycles. The summed E-state index contributed by atoms with van der Waals surface area (Å²) in [7, 11) is 0. The molecule has 1 unspecified atom stereocenters. The quantitative estimate of drug-likeness (QED) is 0.519. The van der Waals surface area contributed by atoms with E-state index in [0.717, 1.165) is 12.8 Å². The molecule has 3 N–H and O–H groups in total. The van der Waals surface area contributed by atoms with Crippen molar-refractivity contribution in [2.75, 3.05) is 19.6 Å². The molecule has 2 amide bonds. The fourth-order valence-corrected chi connectivity index (χ4v) is 1.37. The molecule has 0 spiro atoms. The third-order valence-electron chi connectivity index (χ3n) is 2.00. The molecule has 0 aromatic carbocycles. The Morgan fingerprint density at radius 3 is 3.08 bits per heavy atom. The van der Waals surface area contributed by atoms with Crippen molar-refractivity contribution < 1.29 is 9.59 Å². The number of carbonyl (C=O) groups is 2. The lowest BCUT2D eigenvalue weighted by Crippen LogP contribution is -2.55. The van der Waals surface area contributed by atoms with Crippen LogP contribution < -0.4 is 11.1 Å². The number of nitrogens with one attached hydrogen (secondary N) is 1. The van der Waals surface area contributed by atoms with Crippen LogP contribution >= 0.6 is 0 Å². The van der Waals surface area contributed by atoms with Crippen LogP contribution in [0, 0.1) is 0 Å². The van der Waals surface area contributed by atoms with E-state index in [0.29, 0.717) is 19.5 Å². The number of nitrogens with zero attached hydrogens (tertiary/aromatic N) is 1. The third kappa shape index (κ3) is 1.94. The van der Waals surface area contributed by atoms with Crippen LogP contribution in [0.25, 0.3) is 0 Å². The SMILES string of the molecule is NC(=O)N1CCNCC1CC=O. The topological polar surface area (TPSA) is 75.4 Å². The molecule has 12 heavy (non-hydrogen) atoms. The van der Waals surface area contributed by atoms with Gasteiger partial charge >= 0.3 is 6.03 Å². The van der Waals surface area contributed by atoms with Gasteiger partial charge in [0.1, 0.15) is 6.29 Å². The summed E-state index contributed by atoms with van der Waals surface area (Å²) in [6.07, 6.45) is 1.17. The zero-order valence-electron chi connectivity index (χ0n) is 6.82. The van der Waals surface area contributed by atoms with Gasteiger partial charge in [-0.2, -0.15) is 0 Å². The summed E-state index contributed by atoms with van der Waals surface area (Å²) in [5.74, 6) is 0. The minimum atomic E-state index is -0.441. The highest BCUT2D eigenvalue weighted by Crippen LogP contribution is 2.04. The van der Waals surface area contributed by atoms with Gasteiger partial charge in [0.15, 0.2) is 0 Å². The third-order valence-corrected chi connectivity index (χ3v) is 2.00. The number of carbonyl (C=O) groups excluding carboxylic acids is 2. The summed E-state index contributed by atoms with van der Waals surface area (Å²) < 4.78 is 0. The Labute approximate surface area is 70.9 Å². The van der Waals surface area contributed by atoms with Crippen molar-refractivity contribution in [2.45, 2.75) is 12.5 Å². The number of hydrogen-bond acceptors (Lipinski definition) is 3. The van der Waals surface area contributed by atoms with E-state index in [1.54, 1.807) is 0 Å². The Bertz CT molecular complexity index is 183. The average Bonchev–Trinajstić information content (AvgIpc) is 2.05. The van der Waals surface area contributed by atoms with Crippen molar-refractivity contribution in [3.8, 4) is 0 Å². The van der Waals surface area contributed by atoms with Crippen LogP contribution in [0.2, 0.25) is 0 Å². The van der Waals surface area contributed by atoms with Crippen LogP contribution in [0.1, 0.15) is 6.42 Å². The number of nitrogens with two attached hydrogens (primary N) is 1. The molecular formula is C7H13N3O2. The standard InChI is InChI=1S/C7H13N3O2/c8-7(12)10-3-2-9-5-6(10)1-4-11/h4,6,9H,1-3,5H2,(H2,8,12). The molecular weight excluding hydrogens is 158 g/mol. The number of urea groups is 1. The predicted molar refractivity (Wildman–Crippen MR) is 43.6 cm³/mol. The summed E-state index contributed by atoms with van der Waals surface area (Å²) in [5, 5.41) is 3.10. The number of amides is 2. The van der Waals surface area contributed by atoms with Crippen LogP contribution in [0.4, 0.5) is 4.79 Å². The maximum absolute atomic E-state index is 10.8. The van der Waals surface area contributed by atoms with E-state index < -0.39 is 6.03 Å². The number of piperazine rings is 1. The van der Waals surface area contributed by atoms with Crippen LogP contribution in [0.3, 0.4) is 0 Å². The highest BCUT2D eigenvalue weighted by Gasteiger charge is 2.23. The van der Waals surface area contributed by atoms with E-state index in [-0.39, 0.29) is 6.04 Å². The van der Waals surface area contributed by atoms with Crippen molar-refractivity contribution in [3.05, 3.63) is 0 Å². The lowest BCUT2D eigenvalue weighted by Gasteiger charge is -2.33. The zero-order chi connectivity index (χ0) is 8.97. The van der Waals surface area contributed by atoms with E-state index >= 15 is 0 Å². The van der Waals surface area contributed by atoms with Gasteiger partial charge in [0.05, 0.1) is 6.04 Å². The van der Waals surface area contributed by atoms with Gasteiger partial charge in [-0.05, 0) is 0 Å².